The molecule has 0 N–H and O–H groups in total. The number of rotatable bonds is 4. The van der Waals surface area contributed by atoms with Gasteiger partial charge in [-0.25, -0.2) is 10.0 Å². The van der Waals surface area contributed by atoms with Gasteiger partial charge in [0.1, 0.15) is 0 Å². The average Bonchev–Trinajstić information content (AvgIpc) is 1.85. The summed E-state index contributed by atoms with van der Waals surface area (Å²) in [7, 11) is 4.03. The Morgan fingerprint density at radius 3 is 2.00 bits per heavy atom. The maximum atomic E-state index is 2.41. The maximum Gasteiger partial charge on any atom is 0.00514 e. The molecule has 0 aromatic heterocycles. The fraction of sp³-hybridized carbons (Fsp3) is 1.00. The minimum Gasteiger partial charge on any atom is -0.309 e. The van der Waals surface area contributed by atoms with Crippen LogP contribution in [0.2, 0.25) is 0 Å². The van der Waals surface area contributed by atoms with Crippen LogP contribution in [0.1, 0.15) is 6.92 Å². The van der Waals surface area contributed by atoms with Crippen molar-refractivity contribution in [2.45, 2.75) is 6.92 Å². The lowest BCUT2D eigenvalue weighted by molar-refractivity contribution is 0.436. The van der Waals surface area contributed by atoms with Gasteiger partial charge in [0.05, 0.1) is 0 Å². The SMILES string of the molecule is CCS(C)(C)CCN(C)C. The molecule has 0 radical (unpaired) electrons. The van der Waals surface area contributed by atoms with Crippen LogP contribution in [0.5, 0.6) is 0 Å². The molecule has 0 saturated heterocycles. The normalized spacial score (nSPS) is 14.2. The van der Waals surface area contributed by atoms with Gasteiger partial charge in [-0.05, 0) is 38.1 Å². The van der Waals surface area contributed by atoms with E-state index in [2.05, 4.69) is 38.4 Å². The van der Waals surface area contributed by atoms with Crippen molar-refractivity contribution in [1.82, 2.24) is 4.90 Å². The second-order valence-corrected chi connectivity index (χ2v) is 8.08. The van der Waals surface area contributed by atoms with E-state index in [-0.39, 0.29) is 10.0 Å². The zero-order chi connectivity index (χ0) is 8.20. The van der Waals surface area contributed by atoms with E-state index in [0.29, 0.717) is 0 Å². The van der Waals surface area contributed by atoms with Crippen LogP contribution in [0.3, 0.4) is 0 Å². The second-order valence-electron chi connectivity index (χ2n) is 3.56. The van der Waals surface area contributed by atoms with Gasteiger partial charge in [-0.15, -0.1) is 0 Å². The van der Waals surface area contributed by atoms with E-state index >= 15 is 0 Å². The van der Waals surface area contributed by atoms with Crippen molar-refractivity contribution < 1.29 is 0 Å². The first-order valence-corrected chi connectivity index (χ1v) is 6.60. The molecule has 0 aliphatic heterocycles. The Morgan fingerprint density at radius 1 is 1.20 bits per heavy atom. The summed E-state index contributed by atoms with van der Waals surface area (Å²) < 4.78 is 0. The van der Waals surface area contributed by atoms with Gasteiger partial charge in [-0.1, -0.05) is 6.92 Å². The summed E-state index contributed by atoms with van der Waals surface area (Å²) in [6.45, 7) is 3.54. The van der Waals surface area contributed by atoms with E-state index in [9.17, 15) is 0 Å². The molecular weight excluding hydrogens is 142 g/mol. The van der Waals surface area contributed by atoms with E-state index < -0.39 is 0 Å². The van der Waals surface area contributed by atoms with Crippen LogP contribution < -0.4 is 0 Å². The minimum absolute atomic E-state index is 0.256. The van der Waals surface area contributed by atoms with E-state index in [1.54, 1.807) is 0 Å². The molecule has 0 aromatic rings. The monoisotopic (exact) mass is 163 g/mol. The quantitative estimate of drug-likeness (QED) is 0.609. The summed E-state index contributed by atoms with van der Waals surface area (Å²) >= 11 is 0. The van der Waals surface area contributed by atoms with Crippen molar-refractivity contribution >= 4 is 10.0 Å². The Kier molecular flexibility index (Phi) is 4.37. The van der Waals surface area contributed by atoms with Crippen molar-refractivity contribution in [1.29, 1.82) is 0 Å². The van der Waals surface area contributed by atoms with Gasteiger partial charge in [-0.2, -0.15) is 0 Å². The van der Waals surface area contributed by atoms with Gasteiger partial charge >= 0.3 is 0 Å². The molecule has 64 valence electrons. The third-order valence-corrected chi connectivity index (χ3v) is 4.72. The first-order valence-electron chi connectivity index (χ1n) is 3.81. The molecule has 0 bridgehead atoms. The van der Waals surface area contributed by atoms with Crippen molar-refractivity contribution in [2.24, 2.45) is 0 Å². The number of nitrogens with zero attached hydrogens (tertiary/aromatic N) is 1. The molecule has 2 heteroatoms. The highest BCUT2D eigenvalue weighted by molar-refractivity contribution is 8.32. The van der Waals surface area contributed by atoms with Crippen molar-refractivity contribution in [3.05, 3.63) is 0 Å². The van der Waals surface area contributed by atoms with Crippen molar-refractivity contribution in [3.63, 3.8) is 0 Å². The maximum absolute atomic E-state index is 2.41. The van der Waals surface area contributed by atoms with Gasteiger partial charge in [0.2, 0.25) is 0 Å². The van der Waals surface area contributed by atoms with Crippen LogP contribution in [-0.4, -0.2) is 49.6 Å². The fourth-order valence-corrected chi connectivity index (χ4v) is 1.72. The van der Waals surface area contributed by atoms with E-state index in [1.807, 2.05) is 0 Å². The third-order valence-electron chi connectivity index (χ3n) is 1.87. The van der Waals surface area contributed by atoms with Gasteiger partial charge in [-0.3, -0.25) is 0 Å². The molecule has 10 heavy (non-hydrogen) atoms. The summed E-state index contributed by atoms with van der Waals surface area (Å²) in [6, 6.07) is 0. The van der Waals surface area contributed by atoms with E-state index in [1.165, 1.54) is 18.1 Å². The summed E-state index contributed by atoms with van der Waals surface area (Å²) in [5.74, 6) is 2.75. The Bertz CT molecular complexity index is 89.3. The molecule has 0 unspecified atom stereocenters. The Hall–Kier alpha value is 0.310. The molecule has 0 amide bonds. The average molecular weight is 163 g/mol. The minimum atomic E-state index is -0.256. The number of hydrogen-bond donors (Lipinski definition) is 0. The Balaban J connectivity index is 3.46. The first kappa shape index (κ1) is 10.3. The highest BCUT2D eigenvalue weighted by Gasteiger charge is 2.07. The van der Waals surface area contributed by atoms with Gasteiger partial charge in [0, 0.05) is 6.54 Å². The van der Waals surface area contributed by atoms with Crippen LogP contribution in [0, 0.1) is 0 Å². The molecular formula is C8H21NS. The lowest BCUT2D eigenvalue weighted by atomic mass is 10.7. The summed E-state index contributed by atoms with van der Waals surface area (Å²) in [4.78, 5) is 2.27. The van der Waals surface area contributed by atoms with Crippen LogP contribution in [0.4, 0.5) is 0 Å². The summed E-state index contributed by atoms with van der Waals surface area (Å²) in [6.07, 6.45) is 4.83. The highest BCUT2D eigenvalue weighted by Crippen LogP contribution is 2.38. The molecule has 0 saturated carbocycles. The van der Waals surface area contributed by atoms with Gasteiger partial charge in [0.25, 0.3) is 0 Å². The molecule has 0 heterocycles. The summed E-state index contributed by atoms with van der Waals surface area (Å²) in [5.41, 5.74) is 0. The number of hydrogen-bond acceptors (Lipinski definition) is 1. The van der Waals surface area contributed by atoms with Gasteiger partial charge < -0.3 is 4.90 Å². The Labute approximate surface area is 67.1 Å². The first-order chi connectivity index (χ1) is 4.48. The van der Waals surface area contributed by atoms with E-state index in [0.717, 1.165) is 0 Å². The molecule has 0 spiro atoms. The smallest absolute Gasteiger partial charge is 0.00514 e. The molecule has 0 atom stereocenters. The lowest BCUT2D eigenvalue weighted by Gasteiger charge is -2.30. The van der Waals surface area contributed by atoms with Crippen LogP contribution in [-0.2, 0) is 0 Å². The van der Waals surface area contributed by atoms with E-state index in [4.69, 9.17) is 0 Å². The predicted octanol–water partition coefficient (Wildman–Crippen LogP) is 1.63. The topological polar surface area (TPSA) is 3.24 Å². The van der Waals surface area contributed by atoms with Crippen LogP contribution in [0.15, 0.2) is 0 Å². The Morgan fingerprint density at radius 2 is 1.70 bits per heavy atom. The molecule has 0 aromatic carbocycles. The lowest BCUT2D eigenvalue weighted by Crippen LogP contribution is -2.20. The molecule has 0 aliphatic rings. The van der Waals surface area contributed by atoms with Crippen molar-refractivity contribution in [2.75, 3.05) is 44.7 Å². The van der Waals surface area contributed by atoms with Crippen LogP contribution in [0.25, 0.3) is 0 Å². The largest absolute Gasteiger partial charge is 0.309 e. The zero-order valence-corrected chi connectivity index (χ0v) is 8.79. The molecule has 0 fully saturated rings. The van der Waals surface area contributed by atoms with Gasteiger partial charge in [0.15, 0.2) is 0 Å². The fourth-order valence-electron chi connectivity index (χ4n) is 0.574. The molecule has 0 aliphatic carbocycles. The molecule has 0 rings (SSSR count). The third kappa shape index (κ3) is 5.12. The molecule has 1 nitrogen and oxygen atoms in total. The predicted molar refractivity (Wildman–Crippen MR) is 53.4 cm³/mol. The highest BCUT2D eigenvalue weighted by atomic mass is 32.3. The van der Waals surface area contributed by atoms with Crippen molar-refractivity contribution in [3.8, 4) is 0 Å². The zero-order valence-electron chi connectivity index (χ0n) is 7.98. The van der Waals surface area contributed by atoms with Crippen LogP contribution >= 0.6 is 10.0 Å². The standard InChI is InChI=1S/C8H21NS/c1-6-10(4,5)8-7-9(2)3/h6-8H2,1-5H3. The second kappa shape index (κ2) is 4.24. The summed E-state index contributed by atoms with van der Waals surface area (Å²) in [5, 5.41) is 0.